The molecule has 5 nitrogen and oxygen atoms in total. The highest BCUT2D eigenvalue weighted by Crippen LogP contribution is 2.24. The lowest BCUT2D eigenvalue weighted by Gasteiger charge is -2.33. The molecule has 8 heteroatoms. The van der Waals surface area contributed by atoms with E-state index < -0.39 is 10.0 Å². The van der Waals surface area contributed by atoms with Crippen molar-refractivity contribution in [1.29, 1.82) is 0 Å². The molecule has 0 bridgehead atoms. The number of sulfonamides is 1. The highest BCUT2D eigenvalue weighted by atomic mass is 79.9. The zero-order valence-electron chi connectivity index (χ0n) is 12.0. The number of nitrogens with one attached hydrogen (secondary N) is 1. The molecule has 120 valence electrons. The molecular formula is C13H21BrClN3O2S. The van der Waals surface area contributed by atoms with Crippen LogP contribution in [0.5, 0.6) is 0 Å². The zero-order valence-corrected chi connectivity index (χ0v) is 15.2. The molecule has 0 aromatic carbocycles. The predicted molar refractivity (Wildman–Crippen MR) is 89.3 cm³/mol. The van der Waals surface area contributed by atoms with Crippen molar-refractivity contribution in [3.05, 3.63) is 22.9 Å². The third-order valence-electron chi connectivity index (χ3n) is 3.45. The fourth-order valence-corrected chi connectivity index (χ4v) is 4.77. The number of hydrogen-bond acceptors (Lipinski definition) is 4. The number of piperidine rings is 1. The van der Waals surface area contributed by atoms with E-state index in [4.69, 9.17) is 0 Å². The number of aromatic nitrogens is 1. The second-order valence-electron chi connectivity index (χ2n) is 4.94. The predicted octanol–water partition coefficient (Wildman–Crippen LogP) is 2.42. The van der Waals surface area contributed by atoms with Crippen molar-refractivity contribution in [3.8, 4) is 0 Å². The first-order valence-corrected chi connectivity index (χ1v) is 9.12. The summed E-state index contributed by atoms with van der Waals surface area (Å²) in [5.74, 6) is 0. The van der Waals surface area contributed by atoms with Crippen LogP contribution in [-0.4, -0.2) is 43.4 Å². The van der Waals surface area contributed by atoms with Crippen LogP contribution in [0.4, 0.5) is 0 Å². The number of halogens is 2. The van der Waals surface area contributed by atoms with Crippen LogP contribution in [0.2, 0.25) is 0 Å². The van der Waals surface area contributed by atoms with E-state index in [1.54, 1.807) is 16.6 Å². The summed E-state index contributed by atoms with van der Waals surface area (Å²) in [6.07, 6.45) is 5.55. The number of pyridine rings is 1. The van der Waals surface area contributed by atoms with Crippen LogP contribution in [-0.2, 0) is 10.0 Å². The SMILES string of the molecule is CCCN(C1CCNCC1)S(=O)(=O)c1cncc(Br)c1.Cl. The van der Waals surface area contributed by atoms with E-state index >= 15 is 0 Å². The minimum atomic E-state index is -3.47. The molecule has 0 aliphatic carbocycles. The highest BCUT2D eigenvalue weighted by Gasteiger charge is 2.31. The van der Waals surface area contributed by atoms with Gasteiger partial charge in [-0.1, -0.05) is 6.92 Å². The molecule has 1 aliphatic rings. The Bertz CT molecular complexity index is 550. The first-order valence-electron chi connectivity index (χ1n) is 6.89. The van der Waals surface area contributed by atoms with Crippen molar-refractivity contribution in [2.75, 3.05) is 19.6 Å². The Kier molecular flexibility index (Phi) is 7.56. The summed E-state index contributed by atoms with van der Waals surface area (Å²) in [6, 6.07) is 1.70. The van der Waals surface area contributed by atoms with Crippen LogP contribution >= 0.6 is 28.3 Å². The average Bonchev–Trinajstić information content (AvgIpc) is 2.45. The lowest BCUT2D eigenvalue weighted by molar-refractivity contribution is 0.262. The van der Waals surface area contributed by atoms with E-state index in [0.717, 1.165) is 32.4 Å². The topological polar surface area (TPSA) is 62.3 Å². The molecule has 1 N–H and O–H groups in total. The number of nitrogens with zero attached hydrogens (tertiary/aromatic N) is 2. The van der Waals surface area contributed by atoms with Gasteiger partial charge in [0, 0.05) is 29.5 Å². The van der Waals surface area contributed by atoms with Gasteiger partial charge in [-0.3, -0.25) is 4.98 Å². The minimum Gasteiger partial charge on any atom is -0.317 e. The van der Waals surface area contributed by atoms with Gasteiger partial charge in [0.2, 0.25) is 10.0 Å². The van der Waals surface area contributed by atoms with Gasteiger partial charge in [0.05, 0.1) is 0 Å². The standard InChI is InChI=1S/C13H20BrN3O2S.ClH/c1-2-7-17(12-3-5-15-6-4-12)20(18,19)13-8-11(14)9-16-10-13;/h8-10,12,15H,2-7H2,1H3;1H. The van der Waals surface area contributed by atoms with Crippen molar-refractivity contribution in [3.63, 3.8) is 0 Å². The molecule has 0 saturated carbocycles. The normalized spacial score (nSPS) is 16.7. The fourth-order valence-electron chi connectivity index (χ4n) is 2.48. The largest absolute Gasteiger partial charge is 0.317 e. The molecule has 1 aromatic heterocycles. The fraction of sp³-hybridized carbons (Fsp3) is 0.615. The summed E-state index contributed by atoms with van der Waals surface area (Å²) in [7, 11) is -3.47. The van der Waals surface area contributed by atoms with Crippen LogP contribution in [0, 0.1) is 0 Å². The molecule has 0 spiro atoms. The van der Waals surface area contributed by atoms with Crippen molar-refractivity contribution in [1.82, 2.24) is 14.6 Å². The summed E-state index contributed by atoms with van der Waals surface area (Å²) in [6.45, 7) is 4.30. The van der Waals surface area contributed by atoms with Crippen LogP contribution in [0.3, 0.4) is 0 Å². The van der Waals surface area contributed by atoms with Crippen LogP contribution in [0.15, 0.2) is 27.8 Å². The Balaban J connectivity index is 0.00000220. The van der Waals surface area contributed by atoms with Gasteiger partial charge in [-0.25, -0.2) is 8.42 Å². The van der Waals surface area contributed by atoms with E-state index in [-0.39, 0.29) is 23.3 Å². The molecule has 2 rings (SSSR count). The van der Waals surface area contributed by atoms with E-state index in [1.807, 2.05) is 6.92 Å². The number of hydrogen-bond donors (Lipinski definition) is 1. The maximum Gasteiger partial charge on any atom is 0.244 e. The molecule has 1 saturated heterocycles. The summed E-state index contributed by atoms with van der Waals surface area (Å²) in [4.78, 5) is 4.24. The molecule has 0 atom stereocenters. The first kappa shape index (κ1) is 18.8. The summed E-state index contributed by atoms with van der Waals surface area (Å²) < 4.78 is 28.0. The van der Waals surface area contributed by atoms with Gasteiger partial charge in [-0.05, 0) is 54.3 Å². The minimum absolute atomic E-state index is 0. The second kappa shape index (κ2) is 8.43. The first-order chi connectivity index (χ1) is 9.55. The van der Waals surface area contributed by atoms with Crippen LogP contribution in [0.25, 0.3) is 0 Å². The van der Waals surface area contributed by atoms with Crippen LogP contribution in [0.1, 0.15) is 26.2 Å². The molecule has 1 aromatic rings. The van der Waals surface area contributed by atoms with E-state index in [1.165, 1.54) is 6.20 Å². The average molecular weight is 399 g/mol. The van der Waals surface area contributed by atoms with Gasteiger partial charge in [0.25, 0.3) is 0 Å². The Labute approximate surface area is 141 Å². The third-order valence-corrected chi connectivity index (χ3v) is 5.80. The van der Waals surface area contributed by atoms with Gasteiger partial charge in [0.1, 0.15) is 4.90 Å². The van der Waals surface area contributed by atoms with Gasteiger partial charge in [-0.2, -0.15) is 4.31 Å². The summed E-state index contributed by atoms with van der Waals surface area (Å²) >= 11 is 3.28. The molecule has 21 heavy (non-hydrogen) atoms. The van der Waals surface area contributed by atoms with Crippen LogP contribution < -0.4 is 5.32 Å². The van der Waals surface area contributed by atoms with Gasteiger partial charge in [0.15, 0.2) is 0 Å². The van der Waals surface area contributed by atoms with Gasteiger partial charge in [-0.15, -0.1) is 12.4 Å². The lowest BCUT2D eigenvalue weighted by atomic mass is 10.1. The molecule has 0 radical (unpaired) electrons. The third kappa shape index (κ3) is 4.63. The van der Waals surface area contributed by atoms with E-state index in [2.05, 4.69) is 26.2 Å². The van der Waals surface area contributed by atoms with Crippen molar-refractivity contribution in [2.45, 2.75) is 37.1 Å². The van der Waals surface area contributed by atoms with E-state index in [0.29, 0.717) is 11.0 Å². The zero-order chi connectivity index (χ0) is 14.6. The molecule has 1 fully saturated rings. The second-order valence-corrected chi connectivity index (χ2v) is 7.74. The Morgan fingerprint density at radius 3 is 2.62 bits per heavy atom. The molecule has 2 heterocycles. The Morgan fingerprint density at radius 1 is 1.38 bits per heavy atom. The number of rotatable bonds is 5. The van der Waals surface area contributed by atoms with Gasteiger partial charge >= 0.3 is 0 Å². The smallest absolute Gasteiger partial charge is 0.244 e. The molecule has 0 unspecified atom stereocenters. The molecular weight excluding hydrogens is 378 g/mol. The summed E-state index contributed by atoms with van der Waals surface area (Å²) in [5, 5.41) is 3.27. The van der Waals surface area contributed by atoms with Crippen molar-refractivity contribution < 1.29 is 8.42 Å². The van der Waals surface area contributed by atoms with Crippen molar-refractivity contribution >= 4 is 38.4 Å². The molecule has 1 aliphatic heterocycles. The van der Waals surface area contributed by atoms with Gasteiger partial charge < -0.3 is 5.32 Å². The Morgan fingerprint density at radius 2 is 2.05 bits per heavy atom. The Hall–Kier alpha value is -0.210. The lowest BCUT2D eigenvalue weighted by Crippen LogP contribution is -2.46. The quantitative estimate of drug-likeness (QED) is 0.827. The molecule has 0 amide bonds. The van der Waals surface area contributed by atoms with Crippen molar-refractivity contribution in [2.24, 2.45) is 0 Å². The monoisotopic (exact) mass is 397 g/mol. The summed E-state index contributed by atoms with van der Waals surface area (Å²) in [5.41, 5.74) is 0. The van der Waals surface area contributed by atoms with E-state index in [9.17, 15) is 8.42 Å². The maximum atomic E-state index is 12.8. The highest BCUT2D eigenvalue weighted by molar-refractivity contribution is 9.10. The maximum absolute atomic E-state index is 12.8.